The number of carbonyl (C=O) groups is 1. The smallest absolute Gasteiger partial charge is 0.251 e. The minimum atomic E-state index is -0.157. The molecule has 2 aromatic rings. The van der Waals surface area contributed by atoms with Crippen molar-refractivity contribution in [3.8, 4) is 5.75 Å². The number of benzene rings is 2. The van der Waals surface area contributed by atoms with E-state index in [-0.39, 0.29) is 11.9 Å². The van der Waals surface area contributed by atoms with E-state index in [1.807, 2.05) is 37.3 Å². The van der Waals surface area contributed by atoms with E-state index in [4.69, 9.17) is 10.5 Å². The molecule has 0 fully saturated rings. The summed E-state index contributed by atoms with van der Waals surface area (Å²) in [6.45, 7) is 1.94. The van der Waals surface area contributed by atoms with Crippen LogP contribution in [0.5, 0.6) is 5.75 Å². The number of hydrogen-bond donors (Lipinski definition) is 2. The zero-order valence-electron chi connectivity index (χ0n) is 11.6. The number of nitrogen functional groups attached to an aromatic ring is 1. The summed E-state index contributed by atoms with van der Waals surface area (Å²) >= 11 is 0. The minimum Gasteiger partial charge on any atom is -0.495 e. The molecule has 0 aromatic heterocycles. The summed E-state index contributed by atoms with van der Waals surface area (Å²) in [6, 6.07) is 14.7. The maximum Gasteiger partial charge on any atom is 0.251 e. The molecule has 0 saturated heterocycles. The first-order valence-electron chi connectivity index (χ1n) is 6.41. The molecule has 1 atom stereocenters. The lowest BCUT2D eigenvalue weighted by atomic mass is 10.1. The average molecular weight is 270 g/mol. The number of ether oxygens (including phenoxy) is 1. The molecule has 0 unspecified atom stereocenters. The Morgan fingerprint density at radius 1 is 1.20 bits per heavy atom. The molecule has 2 aromatic carbocycles. The van der Waals surface area contributed by atoms with Crippen LogP contribution in [-0.4, -0.2) is 13.0 Å². The van der Waals surface area contributed by atoms with Crippen molar-refractivity contribution >= 4 is 11.6 Å². The topological polar surface area (TPSA) is 64.3 Å². The molecule has 0 heterocycles. The highest BCUT2D eigenvalue weighted by molar-refractivity contribution is 5.95. The molecule has 104 valence electrons. The van der Waals surface area contributed by atoms with Gasteiger partial charge >= 0.3 is 0 Å². The second kappa shape index (κ2) is 6.10. The Morgan fingerprint density at radius 2 is 1.90 bits per heavy atom. The second-order valence-electron chi connectivity index (χ2n) is 4.56. The number of carbonyl (C=O) groups excluding carboxylic acids is 1. The van der Waals surface area contributed by atoms with E-state index < -0.39 is 0 Å². The van der Waals surface area contributed by atoms with E-state index in [1.54, 1.807) is 25.3 Å². The van der Waals surface area contributed by atoms with Gasteiger partial charge in [-0.15, -0.1) is 0 Å². The van der Waals surface area contributed by atoms with Crippen LogP contribution in [0.15, 0.2) is 48.5 Å². The summed E-state index contributed by atoms with van der Waals surface area (Å²) in [5.74, 6) is 0.411. The van der Waals surface area contributed by atoms with Crippen molar-refractivity contribution < 1.29 is 9.53 Å². The summed E-state index contributed by atoms with van der Waals surface area (Å²) in [4.78, 5) is 12.2. The number of rotatable bonds is 4. The Labute approximate surface area is 118 Å². The predicted octanol–water partition coefficient (Wildman–Crippen LogP) is 2.77. The molecular weight excluding hydrogens is 252 g/mol. The fourth-order valence-electron chi connectivity index (χ4n) is 1.98. The summed E-state index contributed by atoms with van der Waals surface area (Å²) in [5.41, 5.74) is 7.84. The van der Waals surface area contributed by atoms with Gasteiger partial charge in [-0.25, -0.2) is 0 Å². The van der Waals surface area contributed by atoms with Gasteiger partial charge in [-0.2, -0.15) is 0 Å². The first-order valence-corrected chi connectivity index (χ1v) is 6.41. The molecule has 2 rings (SSSR count). The normalized spacial score (nSPS) is 11.7. The van der Waals surface area contributed by atoms with Crippen LogP contribution in [0.1, 0.15) is 28.9 Å². The molecule has 0 spiro atoms. The molecule has 20 heavy (non-hydrogen) atoms. The number of anilines is 1. The van der Waals surface area contributed by atoms with E-state index >= 15 is 0 Å². The van der Waals surface area contributed by atoms with E-state index in [9.17, 15) is 4.79 Å². The SMILES string of the molecule is COc1ccc(C(=O)N[C@@H](C)c2ccccc2)cc1N. The van der Waals surface area contributed by atoms with Crippen LogP contribution in [-0.2, 0) is 0 Å². The lowest BCUT2D eigenvalue weighted by Gasteiger charge is -2.15. The van der Waals surface area contributed by atoms with Crippen molar-refractivity contribution in [2.45, 2.75) is 13.0 Å². The van der Waals surface area contributed by atoms with Crippen molar-refractivity contribution in [3.05, 3.63) is 59.7 Å². The molecule has 0 saturated carbocycles. The highest BCUT2D eigenvalue weighted by Crippen LogP contribution is 2.22. The molecular formula is C16H18N2O2. The Morgan fingerprint density at radius 3 is 2.50 bits per heavy atom. The van der Waals surface area contributed by atoms with Crippen LogP contribution in [0, 0.1) is 0 Å². The van der Waals surface area contributed by atoms with E-state index in [2.05, 4.69) is 5.32 Å². The van der Waals surface area contributed by atoms with Crippen LogP contribution >= 0.6 is 0 Å². The third-order valence-corrected chi connectivity index (χ3v) is 3.14. The Hall–Kier alpha value is -2.49. The lowest BCUT2D eigenvalue weighted by Crippen LogP contribution is -2.26. The van der Waals surface area contributed by atoms with Gasteiger partial charge < -0.3 is 15.8 Å². The first kappa shape index (κ1) is 13.9. The van der Waals surface area contributed by atoms with Gasteiger partial charge in [0.2, 0.25) is 0 Å². The fraction of sp³-hybridized carbons (Fsp3) is 0.188. The quantitative estimate of drug-likeness (QED) is 0.840. The third-order valence-electron chi connectivity index (χ3n) is 3.14. The van der Waals surface area contributed by atoms with E-state index in [0.29, 0.717) is 17.0 Å². The maximum absolute atomic E-state index is 12.2. The number of hydrogen-bond acceptors (Lipinski definition) is 3. The van der Waals surface area contributed by atoms with Crippen molar-refractivity contribution in [1.29, 1.82) is 0 Å². The molecule has 4 heteroatoms. The van der Waals surface area contributed by atoms with Gasteiger partial charge in [-0.3, -0.25) is 4.79 Å². The maximum atomic E-state index is 12.2. The molecule has 1 amide bonds. The summed E-state index contributed by atoms with van der Waals surface area (Å²) in [6.07, 6.45) is 0. The minimum absolute atomic E-state index is 0.0629. The van der Waals surface area contributed by atoms with Crippen LogP contribution in [0.4, 0.5) is 5.69 Å². The van der Waals surface area contributed by atoms with E-state index in [1.165, 1.54) is 0 Å². The molecule has 4 nitrogen and oxygen atoms in total. The average Bonchev–Trinajstić information content (AvgIpc) is 2.48. The lowest BCUT2D eigenvalue weighted by molar-refractivity contribution is 0.0940. The van der Waals surface area contributed by atoms with Crippen LogP contribution in [0.25, 0.3) is 0 Å². The van der Waals surface area contributed by atoms with Gasteiger partial charge in [0.05, 0.1) is 18.8 Å². The van der Waals surface area contributed by atoms with Crippen molar-refractivity contribution in [1.82, 2.24) is 5.32 Å². The van der Waals surface area contributed by atoms with Crippen LogP contribution < -0.4 is 15.8 Å². The standard InChI is InChI=1S/C16H18N2O2/c1-11(12-6-4-3-5-7-12)18-16(19)13-8-9-15(20-2)14(17)10-13/h3-11H,17H2,1-2H3,(H,18,19)/t11-/m0/s1. The monoisotopic (exact) mass is 270 g/mol. The van der Waals surface area contributed by atoms with Gasteiger partial charge in [0.15, 0.2) is 0 Å². The number of nitrogens with two attached hydrogens (primary N) is 1. The van der Waals surface area contributed by atoms with Gasteiger partial charge in [-0.05, 0) is 30.7 Å². The Kier molecular flexibility index (Phi) is 4.25. The van der Waals surface area contributed by atoms with Crippen molar-refractivity contribution in [3.63, 3.8) is 0 Å². The summed E-state index contributed by atoms with van der Waals surface area (Å²) in [7, 11) is 1.54. The third kappa shape index (κ3) is 3.09. The second-order valence-corrected chi connectivity index (χ2v) is 4.56. The van der Waals surface area contributed by atoms with Crippen LogP contribution in [0.3, 0.4) is 0 Å². The van der Waals surface area contributed by atoms with Crippen molar-refractivity contribution in [2.75, 3.05) is 12.8 Å². The van der Waals surface area contributed by atoms with E-state index in [0.717, 1.165) is 5.56 Å². The highest BCUT2D eigenvalue weighted by Gasteiger charge is 2.12. The predicted molar refractivity (Wildman–Crippen MR) is 79.7 cm³/mol. The molecule has 3 N–H and O–H groups in total. The van der Waals surface area contributed by atoms with Gasteiger partial charge in [0, 0.05) is 5.56 Å². The zero-order chi connectivity index (χ0) is 14.5. The Bertz CT molecular complexity index is 597. The number of amides is 1. The largest absolute Gasteiger partial charge is 0.495 e. The summed E-state index contributed by atoms with van der Waals surface area (Å²) < 4.78 is 5.07. The van der Waals surface area contributed by atoms with Crippen LogP contribution in [0.2, 0.25) is 0 Å². The van der Waals surface area contributed by atoms with Gasteiger partial charge in [-0.1, -0.05) is 30.3 Å². The van der Waals surface area contributed by atoms with Crippen molar-refractivity contribution in [2.24, 2.45) is 0 Å². The first-order chi connectivity index (χ1) is 9.61. The van der Waals surface area contributed by atoms with Gasteiger partial charge in [0.25, 0.3) is 5.91 Å². The highest BCUT2D eigenvalue weighted by atomic mass is 16.5. The zero-order valence-corrected chi connectivity index (χ0v) is 11.6. The Balaban J connectivity index is 2.10. The van der Waals surface area contributed by atoms with Gasteiger partial charge in [0.1, 0.15) is 5.75 Å². The summed E-state index contributed by atoms with van der Waals surface area (Å²) in [5, 5.41) is 2.94. The molecule has 0 aliphatic rings. The molecule has 0 bridgehead atoms. The molecule has 0 radical (unpaired) electrons. The molecule has 0 aliphatic heterocycles. The fourth-order valence-corrected chi connectivity index (χ4v) is 1.98. The number of nitrogens with one attached hydrogen (secondary N) is 1. The molecule has 0 aliphatic carbocycles. The number of methoxy groups -OCH3 is 1.